The van der Waals surface area contributed by atoms with Crippen molar-refractivity contribution in [2.75, 3.05) is 7.11 Å². The summed E-state index contributed by atoms with van der Waals surface area (Å²) in [5.41, 5.74) is 0.507. The van der Waals surface area contributed by atoms with Gasteiger partial charge in [0.05, 0.1) is 6.42 Å². The molecule has 3 atom stereocenters. The molecule has 1 unspecified atom stereocenters. The molecule has 1 saturated heterocycles. The van der Waals surface area contributed by atoms with E-state index >= 15 is 0 Å². The molecule has 2 N–H and O–H groups in total. The van der Waals surface area contributed by atoms with Crippen LogP contribution in [0, 0.1) is 11.7 Å². The van der Waals surface area contributed by atoms with Crippen LogP contribution in [0.25, 0.3) is 11.3 Å². The lowest BCUT2D eigenvalue weighted by Crippen LogP contribution is -2.52. The summed E-state index contributed by atoms with van der Waals surface area (Å²) in [6.45, 7) is 0. The molecule has 1 saturated carbocycles. The van der Waals surface area contributed by atoms with Crippen LogP contribution >= 0.6 is 0 Å². The molecular weight excluding hydrogens is 443 g/mol. The number of benzene rings is 1. The highest BCUT2D eigenvalue weighted by Crippen LogP contribution is 2.28. The monoisotopic (exact) mass is 472 g/mol. The SMILES string of the molecule is COC1OC(=O)C[C@@H]1NC(=O)[C@H](CC1CCCCC1)NC(=O)c1ccc(-c2cccc(F)c2)o1. The molecule has 8 nitrogen and oxygen atoms in total. The molecular formula is C25H29FN2O6. The van der Waals surface area contributed by atoms with Crippen LogP contribution in [0.15, 0.2) is 40.8 Å². The average molecular weight is 473 g/mol. The van der Waals surface area contributed by atoms with Gasteiger partial charge in [0.25, 0.3) is 5.91 Å². The zero-order valence-electron chi connectivity index (χ0n) is 19.1. The third-order valence-corrected chi connectivity index (χ3v) is 6.38. The maximum Gasteiger partial charge on any atom is 0.310 e. The Labute approximate surface area is 197 Å². The van der Waals surface area contributed by atoms with Crippen LogP contribution in [0.5, 0.6) is 0 Å². The van der Waals surface area contributed by atoms with Crippen molar-refractivity contribution in [3.63, 3.8) is 0 Å². The maximum atomic E-state index is 13.5. The van der Waals surface area contributed by atoms with Gasteiger partial charge < -0.3 is 24.5 Å². The lowest BCUT2D eigenvalue weighted by atomic mass is 9.84. The number of rotatable bonds is 8. The van der Waals surface area contributed by atoms with Crippen LogP contribution in [-0.2, 0) is 19.1 Å². The quantitative estimate of drug-likeness (QED) is 0.569. The van der Waals surface area contributed by atoms with E-state index in [1.165, 1.54) is 31.7 Å². The topological polar surface area (TPSA) is 107 Å². The Bertz CT molecular complexity index is 1030. The van der Waals surface area contributed by atoms with Crippen molar-refractivity contribution in [3.8, 4) is 11.3 Å². The van der Waals surface area contributed by atoms with Gasteiger partial charge in [0, 0.05) is 12.7 Å². The molecule has 182 valence electrons. The first-order chi connectivity index (χ1) is 16.4. The van der Waals surface area contributed by atoms with Crippen molar-refractivity contribution in [3.05, 3.63) is 48.0 Å². The number of methoxy groups -OCH3 is 1. The number of amides is 2. The van der Waals surface area contributed by atoms with Gasteiger partial charge in [0.15, 0.2) is 5.76 Å². The van der Waals surface area contributed by atoms with Crippen LogP contribution in [0.4, 0.5) is 4.39 Å². The fourth-order valence-corrected chi connectivity index (χ4v) is 4.62. The number of nitrogens with one attached hydrogen (secondary N) is 2. The van der Waals surface area contributed by atoms with Crippen molar-refractivity contribution in [1.82, 2.24) is 10.6 Å². The summed E-state index contributed by atoms with van der Waals surface area (Å²) in [7, 11) is 1.40. The minimum atomic E-state index is -0.860. The zero-order valence-corrected chi connectivity index (χ0v) is 19.1. The predicted octanol–water partition coefficient (Wildman–Crippen LogP) is 3.56. The van der Waals surface area contributed by atoms with Crippen LogP contribution in [0.3, 0.4) is 0 Å². The van der Waals surface area contributed by atoms with E-state index in [4.69, 9.17) is 13.9 Å². The van der Waals surface area contributed by atoms with Crippen molar-refractivity contribution in [2.45, 2.75) is 63.3 Å². The lowest BCUT2D eigenvalue weighted by Gasteiger charge is -2.27. The number of ether oxygens (including phenoxy) is 2. The summed E-state index contributed by atoms with van der Waals surface area (Å²) in [4.78, 5) is 37.7. The van der Waals surface area contributed by atoms with E-state index in [0.29, 0.717) is 23.7 Å². The number of furan rings is 1. The fraction of sp³-hybridized carbons (Fsp3) is 0.480. The molecule has 2 amide bonds. The van der Waals surface area contributed by atoms with E-state index in [1.54, 1.807) is 18.2 Å². The van der Waals surface area contributed by atoms with E-state index < -0.39 is 42.0 Å². The minimum Gasteiger partial charge on any atom is -0.451 e. The van der Waals surface area contributed by atoms with Crippen LogP contribution in [0.1, 0.15) is 55.5 Å². The molecule has 2 fully saturated rings. The minimum absolute atomic E-state index is 0.00349. The van der Waals surface area contributed by atoms with E-state index in [0.717, 1.165) is 25.7 Å². The maximum absolute atomic E-state index is 13.5. The molecule has 1 aromatic carbocycles. The number of hydrogen-bond acceptors (Lipinski definition) is 6. The van der Waals surface area contributed by atoms with Gasteiger partial charge in [0.2, 0.25) is 12.2 Å². The van der Waals surface area contributed by atoms with Gasteiger partial charge in [-0.2, -0.15) is 0 Å². The van der Waals surface area contributed by atoms with Crippen molar-refractivity contribution < 1.29 is 32.7 Å². The molecule has 1 aliphatic carbocycles. The van der Waals surface area contributed by atoms with Gasteiger partial charge >= 0.3 is 5.97 Å². The normalized spacial score (nSPS) is 21.6. The number of carbonyl (C=O) groups is 3. The second kappa shape index (κ2) is 10.8. The summed E-state index contributed by atoms with van der Waals surface area (Å²) in [6.07, 6.45) is 4.98. The average Bonchev–Trinajstić information content (AvgIpc) is 3.46. The van der Waals surface area contributed by atoms with E-state index in [-0.39, 0.29) is 12.2 Å². The Morgan fingerprint density at radius 3 is 2.71 bits per heavy atom. The summed E-state index contributed by atoms with van der Waals surface area (Å²) >= 11 is 0. The third kappa shape index (κ3) is 5.83. The first kappa shape index (κ1) is 23.9. The number of esters is 1. The summed E-state index contributed by atoms with van der Waals surface area (Å²) in [6, 6.07) is 7.52. The Kier molecular flexibility index (Phi) is 7.62. The zero-order chi connectivity index (χ0) is 24.1. The molecule has 9 heteroatoms. The third-order valence-electron chi connectivity index (χ3n) is 6.38. The molecule has 0 radical (unpaired) electrons. The number of halogens is 1. The summed E-state index contributed by atoms with van der Waals surface area (Å²) < 4.78 is 29.4. The highest BCUT2D eigenvalue weighted by atomic mass is 19.1. The van der Waals surface area contributed by atoms with Crippen molar-refractivity contribution >= 4 is 17.8 Å². The smallest absolute Gasteiger partial charge is 0.310 e. The second-order valence-corrected chi connectivity index (χ2v) is 8.85. The van der Waals surface area contributed by atoms with Gasteiger partial charge in [-0.1, -0.05) is 44.2 Å². The molecule has 2 aromatic rings. The molecule has 4 rings (SSSR count). The number of carbonyl (C=O) groups excluding carboxylic acids is 3. The highest BCUT2D eigenvalue weighted by molar-refractivity contribution is 5.96. The van der Waals surface area contributed by atoms with Gasteiger partial charge in [-0.3, -0.25) is 14.4 Å². The highest BCUT2D eigenvalue weighted by Gasteiger charge is 2.38. The summed E-state index contributed by atoms with van der Waals surface area (Å²) in [5.74, 6) is -1.12. The Balaban J connectivity index is 1.46. The lowest BCUT2D eigenvalue weighted by molar-refractivity contribution is -0.160. The molecule has 2 aliphatic rings. The van der Waals surface area contributed by atoms with E-state index in [9.17, 15) is 18.8 Å². The molecule has 1 aromatic heterocycles. The molecule has 0 spiro atoms. The number of hydrogen-bond donors (Lipinski definition) is 2. The van der Waals surface area contributed by atoms with Crippen LogP contribution in [-0.4, -0.2) is 43.3 Å². The Hall–Kier alpha value is -3.20. The first-order valence-electron chi connectivity index (χ1n) is 11.6. The Morgan fingerprint density at radius 2 is 1.97 bits per heavy atom. The predicted molar refractivity (Wildman–Crippen MR) is 120 cm³/mol. The van der Waals surface area contributed by atoms with Crippen molar-refractivity contribution in [1.29, 1.82) is 0 Å². The molecule has 1 aliphatic heterocycles. The first-order valence-corrected chi connectivity index (χ1v) is 11.6. The van der Waals surface area contributed by atoms with Crippen LogP contribution in [0.2, 0.25) is 0 Å². The second-order valence-electron chi connectivity index (χ2n) is 8.85. The summed E-state index contributed by atoms with van der Waals surface area (Å²) in [5, 5.41) is 5.59. The fourth-order valence-electron chi connectivity index (χ4n) is 4.62. The molecule has 34 heavy (non-hydrogen) atoms. The van der Waals surface area contributed by atoms with E-state index in [2.05, 4.69) is 10.6 Å². The Morgan fingerprint density at radius 1 is 1.18 bits per heavy atom. The number of cyclic esters (lactones) is 1. The van der Waals surface area contributed by atoms with Gasteiger partial charge in [-0.05, 0) is 36.6 Å². The van der Waals surface area contributed by atoms with Crippen molar-refractivity contribution in [2.24, 2.45) is 5.92 Å². The van der Waals surface area contributed by atoms with Gasteiger partial charge in [-0.15, -0.1) is 0 Å². The van der Waals surface area contributed by atoms with Gasteiger partial charge in [0.1, 0.15) is 23.7 Å². The van der Waals surface area contributed by atoms with Crippen LogP contribution < -0.4 is 10.6 Å². The standard InChI is InChI=1S/C25H29FN2O6/c1-32-25-19(14-22(29)34-25)28-23(30)18(12-15-6-3-2-4-7-15)27-24(31)21-11-10-20(33-21)16-8-5-9-17(26)13-16/h5,8-11,13,15,18-19,25H,2-4,6-7,12,14H2,1H3,(H,27,31)(H,28,30)/t18-,19-,25?/m0/s1. The molecule has 2 heterocycles. The molecule has 0 bridgehead atoms. The largest absolute Gasteiger partial charge is 0.451 e. The van der Waals surface area contributed by atoms with E-state index in [1.807, 2.05) is 0 Å². The van der Waals surface area contributed by atoms with Gasteiger partial charge in [-0.25, -0.2) is 4.39 Å².